The SMILES string of the molecule is CC1c2c(ccc(C(=O)/C=C/c3ccc(Cl)cc3F)c2O)CCN1C(=O)OC(C)(C)C. The molecule has 0 saturated carbocycles. The minimum Gasteiger partial charge on any atom is -0.507 e. The predicted octanol–water partition coefficient (Wildman–Crippen LogP) is 5.94. The summed E-state index contributed by atoms with van der Waals surface area (Å²) in [5, 5.41) is 11.1. The quantitative estimate of drug-likeness (QED) is 0.469. The molecule has 0 aromatic heterocycles. The highest BCUT2D eigenvalue weighted by molar-refractivity contribution is 6.30. The molecule has 31 heavy (non-hydrogen) atoms. The molecule has 3 rings (SSSR count). The van der Waals surface area contributed by atoms with Crippen molar-refractivity contribution in [3.05, 3.63) is 69.5 Å². The zero-order valence-electron chi connectivity index (χ0n) is 17.9. The maximum Gasteiger partial charge on any atom is 0.410 e. The van der Waals surface area contributed by atoms with Gasteiger partial charge in [-0.05, 0) is 70.0 Å². The van der Waals surface area contributed by atoms with Gasteiger partial charge in [0.2, 0.25) is 0 Å². The maximum absolute atomic E-state index is 13.9. The van der Waals surface area contributed by atoms with Crippen molar-refractivity contribution in [3.8, 4) is 5.75 Å². The fourth-order valence-corrected chi connectivity index (χ4v) is 3.74. The molecular formula is C24H25ClFNO4. The summed E-state index contributed by atoms with van der Waals surface area (Å²) in [6.45, 7) is 7.60. The highest BCUT2D eigenvalue weighted by atomic mass is 35.5. The third-order valence-electron chi connectivity index (χ3n) is 5.08. The molecule has 1 aliphatic heterocycles. The van der Waals surface area contributed by atoms with Gasteiger partial charge in [0.25, 0.3) is 0 Å². The summed E-state index contributed by atoms with van der Waals surface area (Å²) in [6.07, 6.45) is 2.60. The number of benzene rings is 2. The summed E-state index contributed by atoms with van der Waals surface area (Å²) in [5.41, 5.74) is 1.05. The zero-order valence-corrected chi connectivity index (χ0v) is 18.7. The summed E-state index contributed by atoms with van der Waals surface area (Å²) in [7, 11) is 0. The van der Waals surface area contributed by atoms with E-state index in [0.717, 1.165) is 11.6 Å². The molecule has 2 aromatic rings. The Balaban J connectivity index is 1.88. The number of phenolic OH excluding ortho intramolecular Hbond substituents is 1. The second-order valence-corrected chi connectivity index (χ2v) is 8.93. The molecular weight excluding hydrogens is 421 g/mol. The molecule has 2 aromatic carbocycles. The van der Waals surface area contributed by atoms with Crippen LogP contribution in [0.1, 0.15) is 60.8 Å². The average molecular weight is 446 g/mol. The van der Waals surface area contributed by atoms with Crippen LogP contribution in [-0.2, 0) is 11.2 Å². The lowest BCUT2D eigenvalue weighted by Crippen LogP contribution is -2.42. The van der Waals surface area contributed by atoms with Crippen molar-refractivity contribution >= 4 is 29.6 Å². The van der Waals surface area contributed by atoms with E-state index in [1.807, 2.05) is 0 Å². The first-order valence-electron chi connectivity index (χ1n) is 10.00. The van der Waals surface area contributed by atoms with Crippen LogP contribution < -0.4 is 0 Å². The Morgan fingerprint density at radius 3 is 2.61 bits per heavy atom. The number of phenols is 1. The molecule has 0 spiro atoms. The number of hydrogen-bond donors (Lipinski definition) is 1. The molecule has 1 aliphatic rings. The van der Waals surface area contributed by atoms with E-state index < -0.39 is 29.3 Å². The van der Waals surface area contributed by atoms with Crippen LogP contribution in [0.3, 0.4) is 0 Å². The molecule has 0 fully saturated rings. The Morgan fingerprint density at radius 1 is 1.26 bits per heavy atom. The fourth-order valence-electron chi connectivity index (χ4n) is 3.59. The van der Waals surface area contributed by atoms with Gasteiger partial charge in [0, 0.05) is 22.7 Å². The molecule has 1 N–H and O–H groups in total. The van der Waals surface area contributed by atoms with Gasteiger partial charge in [-0.15, -0.1) is 0 Å². The maximum atomic E-state index is 13.9. The van der Waals surface area contributed by atoms with Crippen molar-refractivity contribution < 1.29 is 23.8 Å². The number of allylic oxidation sites excluding steroid dienone is 1. The van der Waals surface area contributed by atoms with E-state index in [4.69, 9.17) is 16.3 Å². The van der Waals surface area contributed by atoms with Crippen LogP contribution in [0.2, 0.25) is 5.02 Å². The van der Waals surface area contributed by atoms with E-state index >= 15 is 0 Å². The summed E-state index contributed by atoms with van der Waals surface area (Å²) in [5.74, 6) is -1.20. The molecule has 7 heteroatoms. The number of carbonyl (C=O) groups is 2. The summed E-state index contributed by atoms with van der Waals surface area (Å²) in [4.78, 5) is 26.8. The Hall–Kier alpha value is -2.86. The molecule has 1 heterocycles. The van der Waals surface area contributed by atoms with Crippen LogP contribution in [-0.4, -0.2) is 34.0 Å². The molecule has 0 saturated heterocycles. The Labute approximate surface area is 186 Å². The van der Waals surface area contributed by atoms with Crippen molar-refractivity contribution in [1.82, 2.24) is 4.90 Å². The summed E-state index contributed by atoms with van der Waals surface area (Å²) < 4.78 is 19.4. The van der Waals surface area contributed by atoms with Crippen LogP contribution in [0.15, 0.2) is 36.4 Å². The van der Waals surface area contributed by atoms with E-state index in [2.05, 4.69) is 0 Å². The first kappa shape index (κ1) is 22.8. The van der Waals surface area contributed by atoms with E-state index in [1.54, 1.807) is 44.7 Å². The van der Waals surface area contributed by atoms with Crippen molar-refractivity contribution in [2.24, 2.45) is 0 Å². The Bertz CT molecular complexity index is 1060. The Kier molecular flexibility index (Phi) is 6.41. The standard InChI is InChI=1S/C24H25ClFNO4/c1-14-21-16(11-12-27(14)23(30)31-24(2,3)4)6-9-18(22(21)29)20(28)10-7-15-5-8-17(25)13-19(15)26/h5-10,13-14,29H,11-12H2,1-4H3/b10-7+. The molecule has 164 valence electrons. The number of hydrogen-bond acceptors (Lipinski definition) is 4. The predicted molar refractivity (Wildman–Crippen MR) is 118 cm³/mol. The Morgan fingerprint density at radius 2 is 1.97 bits per heavy atom. The number of amides is 1. The van der Waals surface area contributed by atoms with Crippen molar-refractivity contribution in [2.75, 3.05) is 6.54 Å². The second kappa shape index (κ2) is 8.71. The van der Waals surface area contributed by atoms with Gasteiger partial charge < -0.3 is 14.7 Å². The molecule has 1 unspecified atom stereocenters. The third kappa shape index (κ3) is 5.07. The van der Waals surface area contributed by atoms with Gasteiger partial charge in [0.05, 0.1) is 11.6 Å². The number of aromatic hydroxyl groups is 1. The van der Waals surface area contributed by atoms with Crippen LogP contribution in [0.5, 0.6) is 5.75 Å². The van der Waals surface area contributed by atoms with Crippen molar-refractivity contribution in [1.29, 1.82) is 0 Å². The summed E-state index contributed by atoms with van der Waals surface area (Å²) in [6, 6.07) is 7.02. The number of ether oxygens (including phenoxy) is 1. The average Bonchev–Trinajstić information content (AvgIpc) is 2.66. The zero-order chi connectivity index (χ0) is 22.9. The van der Waals surface area contributed by atoms with E-state index in [1.165, 1.54) is 24.3 Å². The second-order valence-electron chi connectivity index (χ2n) is 8.50. The molecule has 5 nitrogen and oxygen atoms in total. The molecule has 0 aliphatic carbocycles. The van der Waals surface area contributed by atoms with Crippen molar-refractivity contribution in [2.45, 2.75) is 45.8 Å². The van der Waals surface area contributed by atoms with Crippen LogP contribution >= 0.6 is 11.6 Å². The van der Waals surface area contributed by atoms with Gasteiger partial charge >= 0.3 is 6.09 Å². The van der Waals surface area contributed by atoms with Crippen LogP contribution in [0, 0.1) is 5.82 Å². The molecule has 0 bridgehead atoms. The monoisotopic (exact) mass is 445 g/mol. The van der Waals surface area contributed by atoms with E-state index in [0.29, 0.717) is 18.5 Å². The number of carbonyl (C=O) groups excluding carboxylic acids is 2. The number of fused-ring (bicyclic) bond motifs is 1. The first-order valence-corrected chi connectivity index (χ1v) is 10.4. The highest BCUT2D eigenvalue weighted by Gasteiger charge is 2.33. The van der Waals surface area contributed by atoms with Crippen LogP contribution in [0.25, 0.3) is 6.08 Å². The van der Waals surface area contributed by atoms with E-state index in [9.17, 15) is 19.1 Å². The number of rotatable bonds is 3. The van der Waals surface area contributed by atoms with E-state index in [-0.39, 0.29) is 21.9 Å². The molecule has 1 amide bonds. The van der Waals surface area contributed by atoms with Crippen molar-refractivity contribution in [3.63, 3.8) is 0 Å². The first-order chi connectivity index (χ1) is 14.5. The lowest BCUT2D eigenvalue weighted by atomic mass is 9.89. The lowest BCUT2D eigenvalue weighted by Gasteiger charge is -2.36. The molecule has 1 atom stereocenters. The van der Waals surface area contributed by atoms with Gasteiger partial charge in [0.1, 0.15) is 17.2 Å². The largest absolute Gasteiger partial charge is 0.507 e. The number of halogens is 2. The number of nitrogens with zero attached hydrogens (tertiary/aromatic N) is 1. The van der Waals surface area contributed by atoms with Gasteiger partial charge in [-0.25, -0.2) is 9.18 Å². The molecule has 0 radical (unpaired) electrons. The van der Waals surface area contributed by atoms with Gasteiger partial charge in [0.15, 0.2) is 5.78 Å². The van der Waals surface area contributed by atoms with Gasteiger partial charge in [-0.3, -0.25) is 4.79 Å². The van der Waals surface area contributed by atoms with Gasteiger partial charge in [-0.2, -0.15) is 0 Å². The summed E-state index contributed by atoms with van der Waals surface area (Å²) >= 11 is 5.75. The highest BCUT2D eigenvalue weighted by Crippen LogP contribution is 2.39. The fraction of sp³-hybridized carbons (Fsp3) is 0.333. The number of ketones is 1. The smallest absolute Gasteiger partial charge is 0.410 e. The third-order valence-corrected chi connectivity index (χ3v) is 5.32. The van der Waals surface area contributed by atoms with Gasteiger partial charge in [-0.1, -0.05) is 23.7 Å². The lowest BCUT2D eigenvalue weighted by molar-refractivity contribution is 0.0158. The minimum absolute atomic E-state index is 0.0854. The normalized spacial score (nSPS) is 16.3. The minimum atomic E-state index is -0.640. The topological polar surface area (TPSA) is 66.8 Å². The van der Waals surface area contributed by atoms with Crippen LogP contribution in [0.4, 0.5) is 9.18 Å².